The number of aromatic nitrogens is 2. The normalized spacial score (nSPS) is 10.8. The van der Waals surface area contributed by atoms with Crippen LogP contribution in [0.1, 0.15) is 28.5 Å². The minimum Gasteiger partial charge on any atom is -0.441 e. The smallest absolute Gasteiger partial charge is 0.226 e. The van der Waals surface area contributed by atoms with Gasteiger partial charge in [-0.3, -0.25) is 4.79 Å². The molecule has 0 fully saturated rings. The molecule has 6 nitrogen and oxygen atoms in total. The molecule has 130 valence electrons. The number of oxazole rings is 1. The lowest BCUT2D eigenvalue weighted by Gasteiger charge is -2.02. The minimum absolute atomic E-state index is 0.0904. The van der Waals surface area contributed by atoms with Gasteiger partial charge in [-0.25, -0.2) is 4.98 Å². The second-order valence-corrected chi connectivity index (χ2v) is 6.10. The van der Waals surface area contributed by atoms with Crippen molar-refractivity contribution in [2.45, 2.75) is 33.6 Å². The number of aryl methyl sites for hydroxylation is 3. The minimum atomic E-state index is -0.0904. The van der Waals surface area contributed by atoms with Crippen LogP contribution < -0.4 is 5.32 Å². The molecule has 1 N–H and O–H groups in total. The first kappa shape index (κ1) is 17.0. The van der Waals surface area contributed by atoms with Crippen LogP contribution in [0, 0.1) is 20.8 Å². The highest BCUT2D eigenvalue weighted by Crippen LogP contribution is 2.22. The lowest BCUT2D eigenvalue weighted by atomic mass is 10.1. The molecule has 0 radical (unpaired) electrons. The largest absolute Gasteiger partial charge is 0.441 e. The van der Waals surface area contributed by atoms with Crippen LogP contribution >= 0.6 is 0 Å². The van der Waals surface area contributed by atoms with Crippen LogP contribution in [-0.4, -0.2) is 22.6 Å². The molecule has 25 heavy (non-hydrogen) atoms. The van der Waals surface area contributed by atoms with Gasteiger partial charge in [0, 0.05) is 24.6 Å². The van der Waals surface area contributed by atoms with E-state index >= 15 is 0 Å². The standard InChI is InChI=1S/C19H21N3O3/c1-12-5-4-6-15(9-12)19-21-17(14(3)24-19)11-18(23)20-8-7-16-10-13(2)25-22-16/h4-6,9-10H,7-8,11H2,1-3H3,(H,20,23). The third-order valence-electron chi connectivity index (χ3n) is 3.87. The van der Waals surface area contributed by atoms with E-state index in [1.54, 1.807) is 0 Å². The number of benzene rings is 1. The molecule has 0 atom stereocenters. The molecule has 6 heteroatoms. The molecule has 0 aliphatic heterocycles. The van der Waals surface area contributed by atoms with Crippen LogP contribution in [-0.2, 0) is 17.6 Å². The molecule has 1 aromatic carbocycles. The first-order chi connectivity index (χ1) is 12.0. The average Bonchev–Trinajstić information content (AvgIpc) is 3.14. The predicted molar refractivity (Wildman–Crippen MR) is 93.1 cm³/mol. The molecule has 0 aliphatic rings. The molecule has 3 rings (SSSR count). The van der Waals surface area contributed by atoms with Crippen LogP contribution in [0.5, 0.6) is 0 Å². The van der Waals surface area contributed by atoms with Gasteiger partial charge in [-0.05, 0) is 32.9 Å². The van der Waals surface area contributed by atoms with Crippen LogP contribution in [0.4, 0.5) is 0 Å². The van der Waals surface area contributed by atoms with Crippen molar-refractivity contribution < 1.29 is 13.7 Å². The molecular weight excluding hydrogens is 318 g/mol. The maximum atomic E-state index is 12.1. The van der Waals surface area contributed by atoms with E-state index in [0.29, 0.717) is 30.3 Å². The van der Waals surface area contributed by atoms with Gasteiger partial charge in [0.1, 0.15) is 11.5 Å². The number of nitrogens with zero attached hydrogens (tertiary/aromatic N) is 2. The fraction of sp³-hybridized carbons (Fsp3) is 0.316. The van der Waals surface area contributed by atoms with Crippen molar-refractivity contribution in [3.05, 3.63) is 58.8 Å². The molecule has 0 spiro atoms. The number of nitrogens with one attached hydrogen (secondary N) is 1. The summed E-state index contributed by atoms with van der Waals surface area (Å²) < 4.78 is 10.7. The Kier molecular flexibility index (Phi) is 4.97. The summed E-state index contributed by atoms with van der Waals surface area (Å²) in [5, 5.41) is 6.77. The summed E-state index contributed by atoms with van der Waals surface area (Å²) in [7, 11) is 0. The summed E-state index contributed by atoms with van der Waals surface area (Å²) in [4.78, 5) is 16.6. The van der Waals surface area contributed by atoms with Crippen LogP contribution in [0.15, 0.2) is 39.3 Å². The Hall–Kier alpha value is -2.89. The van der Waals surface area contributed by atoms with Crippen molar-refractivity contribution in [3.8, 4) is 11.5 Å². The molecule has 1 amide bonds. The van der Waals surface area contributed by atoms with Crippen molar-refractivity contribution >= 4 is 5.91 Å². The first-order valence-corrected chi connectivity index (χ1v) is 8.23. The summed E-state index contributed by atoms with van der Waals surface area (Å²) >= 11 is 0. The predicted octanol–water partition coefficient (Wildman–Crippen LogP) is 3.16. The van der Waals surface area contributed by atoms with E-state index in [-0.39, 0.29) is 12.3 Å². The topological polar surface area (TPSA) is 81.2 Å². The Morgan fingerprint density at radius 3 is 2.76 bits per heavy atom. The number of rotatable bonds is 6. The maximum absolute atomic E-state index is 12.1. The number of carbonyl (C=O) groups is 1. The van der Waals surface area contributed by atoms with Gasteiger partial charge in [0.25, 0.3) is 0 Å². The van der Waals surface area contributed by atoms with Crippen LogP contribution in [0.2, 0.25) is 0 Å². The molecule has 0 bridgehead atoms. The molecular formula is C19H21N3O3. The highest BCUT2D eigenvalue weighted by molar-refractivity contribution is 5.78. The van der Waals surface area contributed by atoms with E-state index in [1.165, 1.54) is 0 Å². The molecule has 0 unspecified atom stereocenters. The quantitative estimate of drug-likeness (QED) is 0.746. The fourth-order valence-electron chi connectivity index (χ4n) is 2.57. The second kappa shape index (κ2) is 7.34. The van der Waals surface area contributed by atoms with E-state index in [2.05, 4.69) is 15.5 Å². The molecule has 0 aliphatic carbocycles. The van der Waals surface area contributed by atoms with Crippen LogP contribution in [0.25, 0.3) is 11.5 Å². The van der Waals surface area contributed by atoms with E-state index in [4.69, 9.17) is 8.94 Å². The van der Waals surface area contributed by atoms with Gasteiger partial charge in [0.15, 0.2) is 0 Å². The zero-order chi connectivity index (χ0) is 17.8. The van der Waals surface area contributed by atoms with Gasteiger partial charge in [0.05, 0.1) is 17.8 Å². The zero-order valence-corrected chi connectivity index (χ0v) is 14.6. The lowest BCUT2D eigenvalue weighted by molar-refractivity contribution is -0.120. The van der Waals surface area contributed by atoms with E-state index in [9.17, 15) is 4.79 Å². The Labute approximate surface area is 146 Å². The zero-order valence-electron chi connectivity index (χ0n) is 14.6. The Morgan fingerprint density at radius 1 is 1.20 bits per heavy atom. The number of amides is 1. The molecule has 0 saturated heterocycles. The van der Waals surface area contributed by atoms with E-state index in [0.717, 1.165) is 22.6 Å². The van der Waals surface area contributed by atoms with Gasteiger partial charge < -0.3 is 14.3 Å². The Bertz CT molecular complexity index is 880. The number of carbonyl (C=O) groups excluding carboxylic acids is 1. The summed E-state index contributed by atoms with van der Waals surface area (Å²) in [5.41, 5.74) is 3.54. The van der Waals surface area contributed by atoms with Crippen molar-refractivity contribution in [2.75, 3.05) is 6.54 Å². The van der Waals surface area contributed by atoms with E-state index < -0.39 is 0 Å². The van der Waals surface area contributed by atoms with E-state index in [1.807, 2.05) is 51.1 Å². The van der Waals surface area contributed by atoms with Gasteiger partial charge in [-0.15, -0.1) is 0 Å². The number of hydrogen-bond donors (Lipinski definition) is 1. The monoisotopic (exact) mass is 339 g/mol. The third-order valence-corrected chi connectivity index (χ3v) is 3.87. The molecule has 2 heterocycles. The summed E-state index contributed by atoms with van der Waals surface area (Å²) in [5.74, 6) is 1.89. The third kappa shape index (κ3) is 4.35. The van der Waals surface area contributed by atoms with Gasteiger partial charge in [-0.2, -0.15) is 0 Å². The Morgan fingerprint density at radius 2 is 2.04 bits per heavy atom. The summed E-state index contributed by atoms with van der Waals surface area (Å²) in [6, 6.07) is 9.80. The maximum Gasteiger partial charge on any atom is 0.226 e. The van der Waals surface area contributed by atoms with Crippen molar-refractivity contribution in [1.82, 2.24) is 15.5 Å². The highest BCUT2D eigenvalue weighted by Gasteiger charge is 2.14. The second-order valence-electron chi connectivity index (χ2n) is 6.10. The van der Waals surface area contributed by atoms with Crippen molar-refractivity contribution in [1.29, 1.82) is 0 Å². The molecule has 0 saturated carbocycles. The molecule has 3 aromatic rings. The summed E-state index contributed by atoms with van der Waals surface area (Å²) in [6.07, 6.45) is 0.828. The average molecular weight is 339 g/mol. The van der Waals surface area contributed by atoms with Crippen molar-refractivity contribution in [2.24, 2.45) is 0 Å². The lowest BCUT2D eigenvalue weighted by Crippen LogP contribution is -2.27. The van der Waals surface area contributed by atoms with Crippen molar-refractivity contribution in [3.63, 3.8) is 0 Å². The fourth-order valence-corrected chi connectivity index (χ4v) is 2.57. The van der Waals surface area contributed by atoms with Crippen LogP contribution in [0.3, 0.4) is 0 Å². The highest BCUT2D eigenvalue weighted by atomic mass is 16.5. The Balaban J connectivity index is 1.58. The van der Waals surface area contributed by atoms with Gasteiger partial charge >= 0.3 is 0 Å². The van der Waals surface area contributed by atoms with Gasteiger partial charge in [-0.1, -0.05) is 22.9 Å². The molecule has 2 aromatic heterocycles. The summed E-state index contributed by atoms with van der Waals surface area (Å²) in [6.45, 7) is 6.19. The number of hydrogen-bond acceptors (Lipinski definition) is 5. The van der Waals surface area contributed by atoms with Gasteiger partial charge in [0.2, 0.25) is 11.8 Å². The SMILES string of the molecule is Cc1cccc(-c2nc(CC(=O)NCCc3cc(C)on3)c(C)o2)c1. The first-order valence-electron chi connectivity index (χ1n) is 8.23.